The van der Waals surface area contributed by atoms with E-state index in [1.807, 2.05) is 13.8 Å². The van der Waals surface area contributed by atoms with E-state index in [1.54, 1.807) is 10.7 Å². The maximum Gasteiger partial charge on any atom is 0.266 e. The number of hydrogen-bond acceptors (Lipinski definition) is 2. The summed E-state index contributed by atoms with van der Waals surface area (Å²) in [7, 11) is 0. The van der Waals surface area contributed by atoms with Crippen LogP contribution in [0.2, 0.25) is 0 Å². The molecule has 4 heteroatoms. The predicted octanol–water partition coefficient (Wildman–Crippen LogP) is 0.700. The summed E-state index contributed by atoms with van der Waals surface area (Å²) >= 11 is 0. The molecule has 0 radical (unpaired) electrons. The van der Waals surface area contributed by atoms with Crippen LogP contribution in [0.5, 0.6) is 0 Å². The van der Waals surface area contributed by atoms with E-state index in [1.165, 1.54) is 0 Å². The molecule has 1 aromatic heterocycles. The zero-order valence-corrected chi connectivity index (χ0v) is 7.37. The van der Waals surface area contributed by atoms with Gasteiger partial charge in [-0.3, -0.25) is 9.48 Å². The number of aromatic nitrogens is 2. The van der Waals surface area contributed by atoms with E-state index in [0.717, 1.165) is 18.7 Å². The Bertz CT molecular complexity index is 290. The van der Waals surface area contributed by atoms with Gasteiger partial charge in [-0.25, -0.2) is 0 Å². The molecule has 2 N–H and O–H groups in total. The molecule has 0 spiro atoms. The Morgan fingerprint density at radius 2 is 2.42 bits per heavy atom. The van der Waals surface area contributed by atoms with Gasteiger partial charge in [-0.05, 0) is 19.4 Å². The van der Waals surface area contributed by atoms with Crippen LogP contribution in [0.1, 0.15) is 29.5 Å². The highest BCUT2D eigenvalue weighted by molar-refractivity contribution is 5.91. The van der Waals surface area contributed by atoms with Gasteiger partial charge in [-0.1, -0.05) is 6.92 Å². The van der Waals surface area contributed by atoms with Crippen LogP contribution in [-0.4, -0.2) is 15.7 Å². The van der Waals surface area contributed by atoms with Crippen molar-refractivity contribution in [1.29, 1.82) is 0 Å². The summed E-state index contributed by atoms with van der Waals surface area (Å²) in [6, 6.07) is 1.71. The van der Waals surface area contributed by atoms with Gasteiger partial charge >= 0.3 is 0 Å². The van der Waals surface area contributed by atoms with Gasteiger partial charge in [0.25, 0.3) is 5.91 Å². The lowest BCUT2D eigenvalue weighted by Crippen LogP contribution is -2.17. The van der Waals surface area contributed by atoms with Gasteiger partial charge in [0.1, 0.15) is 5.69 Å². The van der Waals surface area contributed by atoms with Gasteiger partial charge in [0, 0.05) is 6.54 Å². The number of carbonyl (C=O) groups is 1. The first-order chi connectivity index (χ1) is 5.65. The third-order valence-electron chi connectivity index (χ3n) is 1.59. The molecule has 0 fully saturated rings. The third-order valence-corrected chi connectivity index (χ3v) is 1.59. The van der Waals surface area contributed by atoms with Crippen LogP contribution >= 0.6 is 0 Å². The second-order valence-electron chi connectivity index (χ2n) is 2.76. The van der Waals surface area contributed by atoms with Crippen LogP contribution in [0, 0.1) is 6.92 Å². The first-order valence-electron chi connectivity index (χ1n) is 3.99. The van der Waals surface area contributed by atoms with Gasteiger partial charge in [0.15, 0.2) is 0 Å². The highest BCUT2D eigenvalue weighted by Gasteiger charge is 2.08. The highest BCUT2D eigenvalue weighted by Crippen LogP contribution is 2.03. The molecular weight excluding hydrogens is 154 g/mol. The number of carbonyl (C=O) groups excluding carboxylic acids is 1. The van der Waals surface area contributed by atoms with Gasteiger partial charge in [-0.2, -0.15) is 5.10 Å². The molecule has 1 rings (SSSR count). The molecule has 66 valence electrons. The summed E-state index contributed by atoms with van der Waals surface area (Å²) in [5.41, 5.74) is 6.48. The lowest BCUT2D eigenvalue weighted by atomic mass is 10.3. The SMILES string of the molecule is CCCn1nc(C)cc1C(N)=O. The second kappa shape index (κ2) is 3.38. The Labute approximate surface area is 71.4 Å². The summed E-state index contributed by atoms with van der Waals surface area (Å²) in [6.45, 7) is 4.62. The fourth-order valence-corrected chi connectivity index (χ4v) is 1.13. The van der Waals surface area contributed by atoms with Gasteiger partial charge in [0.05, 0.1) is 5.69 Å². The molecule has 0 saturated heterocycles. The first kappa shape index (κ1) is 8.77. The van der Waals surface area contributed by atoms with E-state index < -0.39 is 5.91 Å². The van der Waals surface area contributed by atoms with Gasteiger partial charge in [-0.15, -0.1) is 0 Å². The molecule has 1 amide bonds. The number of rotatable bonds is 3. The van der Waals surface area contributed by atoms with Gasteiger partial charge in [0.2, 0.25) is 0 Å². The normalized spacial score (nSPS) is 10.2. The van der Waals surface area contributed by atoms with E-state index in [4.69, 9.17) is 5.73 Å². The van der Waals surface area contributed by atoms with Crippen molar-refractivity contribution in [2.75, 3.05) is 0 Å². The van der Waals surface area contributed by atoms with E-state index >= 15 is 0 Å². The molecule has 1 aromatic rings. The standard InChI is InChI=1S/C8H13N3O/c1-3-4-11-7(8(9)12)5-6(2)10-11/h5H,3-4H2,1-2H3,(H2,9,12). The molecular formula is C8H13N3O. The topological polar surface area (TPSA) is 60.9 Å². The van der Waals surface area contributed by atoms with Gasteiger partial charge < -0.3 is 5.73 Å². The molecule has 12 heavy (non-hydrogen) atoms. The van der Waals surface area contributed by atoms with Crippen molar-refractivity contribution in [3.05, 3.63) is 17.5 Å². The molecule has 0 aliphatic rings. The van der Waals surface area contributed by atoms with Crippen LogP contribution in [0.3, 0.4) is 0 Å². The van der Waals surface area contributed by atoms with Crippen LogP contribution in [-0.2, 0) is 6.54 Å². The van der Waals surface area contributed by atoms with E-state index in [9.17, 15) is 4.79 Å². The first-order valence-corrected chi connectivity index (χ1v) is 3.99. The Kier molecular flexibility index (Phi) is 2.47. The van der Waals surface area contributed by atoms with Crippen molar-refractivity contribution in [2.24, 2.45) is 5.73 Å². The third kappa shape index (κ3) is 1.64. The Balaban J connectivity index is 2.99. The molecule has 0 bridgehead atoms. The molecule has 4 nitrogen and oxygen atoms in total. The molecule has 0 aliphatic heterocycles. The molecule has 0 aromatic carbocycles. The monoisotopic (exact) mass is 167 g/mol. The maximum atomic E-state index is 10.9. The zero-order valence-electron chi connectivity index (χ0n) is 7.37. The average molecular weight is 167 g/mol. The molecule has 1 heterocycles. The minimum atomic E-state index is -0.413. The summed E-state index contributed by atoms with van der Waals surface area (Å²) < 4.78 is 1.65. The van der Waals surface area contributed by atoms with Crippen molar-refractivity contribution >= 4 is 5.91 Å². The van der Waals surface area contributed by atoms with Crippen LogP contribution < -0.4 is 5.73 Å². The summed E-state index contributed by atoms with van der Waals surface area (Å²) in [4.78, 5) is 10.9. The predicted molar refractivity (Wildman–Crippen MR) is 45.8 cm³/mol. The highest BCUT2D eigenvalue weighted by atomic mass is 16.1. The second-order valence-corrected chi connectivity index (χ2v) is 2.76. The summed E-state index contributed by atoms with van der Waals surface area (Å²) in [5, 5.41) is 4.14. The van der Waals surface area contributed by atoms with Crippen LogP contribution in [0.4, 0.5) is 0 Å². The number of nitrogens with two attached hydrogens (primary N) is 1. The smallest absolute Gasteiger partial charge is 0.266 e. The molecule has 0 unspecified atom stereocenters. The quantitative estimate of drug-likeness (QED) is 0.720. The fraction of sp³-hybridized carbons (Fsp3) is 0.500. The number of aryl methyl sites for hydroxylation is 2. The lowest BCUT2D eigenvalue weighted by Gasteiger charge is -2.00. The van der Waals surface area contributed by atoms with E-state index in [2.05, 4.69) is 5.10 Å². The number of amides is 1. The largest absolute Gasteiger partial charge is 0.364 e. The number of hydrogen-bond donors (Lipinski definition) is 1. The van der Waals surface area contributed by atoms with Crippen molar-refractivity contribution in [3.8, 4) is 0 Å². The Hall–Kier alpha value is -1.32. The van der Waals surface area contributed by atoms with Crippen molar-refractivity contribution in [2.45, 2.75) is 26.8 Å². The Morgan fingerprint density at radius 1 is 1.75 bits per heavy atom. The fourth-order valence-electron chi connectivity index (χ4n) is 1.13. The Morgan fingerprint density at radius 3 is 2.92 bits per heavy atom. The number of nitrogens with zero attached hydrogens (tertiary/aromatic N) is 2. The minimum Gasteiger partial charge on any atom is -0.364 e. The van der Waals surface area contributed by atoms with Crippen molar-refractivity contribution < 1.29 is 4.79 Å². The summed E-state index contributed by atoms with van der Waals surface area (Å²) in [6.07, 6.45) is 0.946. The van der Waals surface area contributed by atoms with Crippen LogP contribution in [0.25, 0.3) is 0 Å². The van der Waals surface area contributed by atoms with E-state index in [-0.39, 0.29) is 0 Å². The minimum absolute atomic E-state index is 0.413. The van der Waals surface area contributed by atoms with E-state index in [0.29, 0.717) is 5.69 Å². The average Bonchev–Trinajstić information content (AvgIpc) is 2.32. The zero-order chi connectivity index (χ0) is 9.14. The van der Waals surface area contributed by atoms with Crippen molar-refractivity contribution in [3.63, 3.8) is 0 Å². The summed E-state index contributed by atoms with van der Waals surface area (Å²) in [5.74, 6) is -0.413. The molecule has 0 aliphatic carbocycles. The maximum absolute atomic E-state index is 10.9. The lowest BCUT2D eigenvalue weighted by molar-refractivity contribution is 0.0990. The molecule has 0 saturated carbocycles. The van der Waals surface area contributed by atoms with Crippen molar-refractivity contribution in [1.82, 2.24) is 9.78 Å². The molecule has 0 atom stereocenters. The van der Waals surface area contributed by atoms with Crippen LogP contribution in [0.15, 0.2) is 6.07 Å². The number of primary amides is 1.